The zero-order valence-electron chi connectivity index (χ0n) is 10.1. The molecule has 0 bridgehead atoms. The zero-order chi connectivity index (χ0) is 12.1. The molecule has 0 aromatic heterocycles. The van der Waals surface area contributed by atoms with Gasteiger partial charge >= 0.3 is 0 Å². The van der Waals surface area contributed by atoms with Crippen LogP contribution in [0.1, 0.15) is 0 Å². The fourth-order valence-corrected chi connectivity index (χ4v) is 2.04. The van der Waals surface area contributed by atoms with Crippen LogP contribution >= 0.6 is 24.2 Å². The standard InChI is InChI=1S/C12H16N2O2S.ClH/c1-17-10-4-2-9(3-5-10)14-12(15)11-8-13-6-7-16-11;/h2-5,11,13H,6-8H2,1H3,(H,14,15);1H. The Morgan fingerprint density at radius 2 is 2.17 bits per heavy atom. The molecule has 1 aliphatic heterocycles. The number of halogens is 1. The molecule has 1 unspecified atom stereocenters. The number of hydrogen-bond donors (Lipinski definition) is 2. The highest BCUT2D eigenvalue weighted by atomic mass is 35.5. The predicted molar refractivity (Wildman–Crippen MR) is 76.7 cm³/mol. The number of amides is 1. The van der Waals surface area contributed by atoms with E-state index in [9.17, 15) is 4.79 Å². The van der Waals surface area contributed by atoms with Crippen LogP contribution in [0.5, 0.6) is 0 Å². The molecule has 1 atom stereocenters. The van der Waals surface area contributed by atoms with Crippen molar-refractivity contribution >= 4 is 35.8 Å². The number of ether oxygens (including phenoxy) is 1. The van der Waals surface area contributed by atoms with E-state index in [1.54, 1.807) is 11.8 Å². The highest BCUT2D eigenvalue weighted by Gasteiger charge is 2.21. The van der Waals surface area contributed by atoms with Gasteiger partial charge in [0.05, 0.1) is 6.61 Å². The van der Waals surface area contributed by atoms with Crippen molar-refractivity contribution in [3.63, 3.8) is 0 Å². The summed E-state index contributed by atoms with van der Waals surface area (Å²) in [5.74, 6) is -0.0888. The molecular weight excluding hydrogens is 272 g/mol. The summed E-state index contributed by atoms with van der Waals surface area (Å²) in [6, 6.07) is 7.78. The first-order valence-corrected chi connectivity index (χ1v) is 6.79. The largest absolute Gasteiger partial charge is 0.366 e. The van der Waals surface area contributed by atoms with Gasteiger partial charge in [0.15, 0.2) is 0 Å². The van der Waals surface area contributed by atoms with Crippen molar-refractivity contribution in [3.05, 3.63) is 24.3 Å². The molecule has 2 N–H and O–H groups in total. The highest BCUT2D eigenvalue weighted by Crippen LogP contribution is 2.17. The van der Waals surface area contributed by atoms with Crippen LogP contribution < -0.4 is 10.6 Å². The van der Waals surface area contributed by atoms with Crippen molar-refractivity contribution in [2.24, 2.45) is 0 Å². The van der Waals surface area contributed by atoms with Crippen molar-refractivity contribution in [1.82, 2.24) is 5.32 Å². The quantitative estimate of drug-likeness (QED) is 0.832. The number of carbonyl (C=O) groups is 1. The predicted octanol–water partition coefficient (Wildman–Crippen LogP) is 1.76. The molecule has 0 spiro atoms. The van der Waals surface area contributed by atoms with Crippen LogP contribution in [-0.4, -0.2) is 38.0 Å². The van der Waals surface area contributed by atoms with Gasteiger partial charge in [-0.2, -0.15) is 0 Å². The van der Waals surface area contributed by atoms with E-state index in [1.807, 2.05) is 30.5 Å². The van der Waals surface area contributed by atoms with Gasteiger partial charge in [-0.3, -0.25) is 4.79 Å². The van der Waals surface area contributed by atoms with E-state index >= 15 is 0 Å². The first-order chi connectivity index (χ1) is 8.29. The number of nitrogens with one attached hydrogen (secondary N) is 2. The summed E-state index contributed by atoms with van der Waals surface area (Å²) in [5.41, 5.74) is 0.807. The van der Waals surface area contributed by atoms with Crippen molar-refractivity contribution in [2.75, 3.05) is 31.3 Å². The average Bonchev–Trinajstić information content (AvgIpc) is 2.40. The molecule has 1 aliphatic rings. The van der Waals surface area contributed by atoms with Crippen molar-refractivity contribution in [1.29, 1.82) is 0 Å². The number of carbonyl (C=O) groups excluding carboxylic acids is 1. The molecular formula is C12H17ClN2O2S. The SMILES string of the molecule is CSc1ccc(NC(=O)C2CNCCO2)cc1.Cl. The Hall–Kier alpha value is -0.750. The summed E-state index contributed by atoms with van der Waals surface area (Å²) in [4.78, 5) is 13.0. The van der Waals surface area contributed by atoms with Gasteiger partial charge < -0.3 is 15.4 Å². The fourth-order valence-electron chi connectivity index (χ4n) is 1.63. The van der Waals surface area contributed by atoms with Gasteiger partial charge in [0.1, 0.15) is 6.10 Å². The molecule has 1 saturated heterocycles. The van der Waals surface area contributed by atoms with E-state index in [2.05, 4.69) is 10.6 Å². The molecule has 2 rings (SSSR count). The Bertz CT molecular complexity index is 380. The van der Waals surface area contributed by atoms with Crippen molar-refractivity contribution < 1.29 is 9.53 Å². The Labute approximate surface area is 117 Å². The lowest BCUT2D eigenvalue weighted by molar-refractivity contribution is -0.128. The molecule has 0 aliphatic carbocycles. The molecule has 18 heavy (non-hydrogen) atoms. The Morgan fingerprint density at radius 1 is 1.44 bits per heavy atom. The lowest BCUT2D eigenvalue weighted by Crippen LogP contribution is -2.45. The molecule has 100 valence electrons. The summed E-state index contributed by atoms with van der Waals surface area (Å²) < 4.78 is 5.38. The monoisotopic (exact) mass is 288 g/mol. The van der Waals surface area contributed by atoms with Crippen LogP contribution in [0.4, 0.5) is 5.69 Å². The average molecular weight is 289 g/mol. The third-order valence-electron chi connectivity index (χ3n) is 2.58. The molecule has 4 nitrogen and oxygen atoms in total. The summed E-state index contributed by atoms with van der Waals surface area (Å²) >= 11 is 1.68. The van der Waals surface area contributed by atoms with Gasteiger partial charge in [-0.15, -0.1) is 24.2 Å². The molecule has 1 heterocycles. The van der Waals surface area contributed by atoms with Crippen LogP contribution in [0.3, 0.4) is 0 Å². The smallest absolute Gasteiger partial charge is 0.254 e. The molecule has 1 aromatic rings. The molecule has 1 aromatic carbocycles. The van der Waals surface area contributed by atoms with Crippen LogP contribution in [0, 0.1) is 0 Å². The number of hydrogen-bond acceptors (Lipinski definition) is 4. The molecule has 1 amide bonds. The van der Waals surface area contributed by atoms with E-state index in [1.165, 1.54) is 4.90 Å². The van der Waals surface area contributed by atoms with Gasteiger partial charge in [0.25, 0.3) is 5.91 Å². The maximum absolute atomic E-state index is 11.8. The van der Waals surface area contributed by atoms with E-state index in [0.717, 1.165) is 12.2 Å². The normalized spacial score (nSPS) is 18.8. The second-order valence-corrected chi connectivity index (χ2v) is 4.66. The van der Waals surface area contributed by atoms with Crippen molar-refractivity contribution in [2.45, 2.75) is 11.0 Å². The van der Waals surface area contributed by atoms with Gasteiger partial charge in [0.2, 0.25) is 0 Å². The summed E-state index contributed by atoms with van der Waals surface area (Å²) in [5, 5.41) is 5.98. The number of benzene rings is 1. The van der Waals surface area contributed by atoms with Crippen LogP contribution in [0.15, 0.2) is 29.2 Å². The first-order valence-electron chi connectivity index (χ1n) is 5.57. The zero-order valence-corrected chi connectivity index (χ0v) is 11.8. The van der Waals surface area contributed by atoms with Crippen LogP contribution in [0.2, 0.25) is 0 Å². The minimum absolute atomic E-state index is 0. The van der Waals surface area contributed by atoms with E-state index in [0.29, 0.717) is 13.2 Å². The number of rotatable bonds is 3. The molecule has 1 fully saturated rings. The number of thioether (sulfide) groups is 1. The third kappa shape index (κ3) is 4.17. The summed E-state index contributed by atoms with van der Waals surface area (Å²) in [7, 11) is 0. The number of anilines is 1. The van der Waals surface area contributed by atoms with Gasteiger partial charge in [0, 0.05) is 23.7 Å². The Kier molecular flexibility index (Phi) is 6.49. The first kappa shape index (κ1) is 15.3. The lowest BCUT2D eigenvalue weighted by atomic mass is 10.2. The molecule has 0 radical (unpaired) electrons. The summed E-state index contributed by atoms with van der Waals surface area (Å²) in [6.45, 7) is 1.98. The van der Waals surface area contributed by atoms with E-state index in [4.69, 9.17) is 4.74 Å². The van der Waals surface area contributed by atoms with Gasteiger partial charge in [-0.25, -0.2) is 0 Å². The van der Waals surface area contributed by atoms with Crippen LogP contribution in [-0.2, 0) is 9.53 Å². The Balaban J connectivity index is 0.00000162. The fraction of sp³-hybridized carbons (Fsp3) is 0.417. The van der Waals surface area contributed by atoms with Gasteiger partial charge in [-0.05, 0) is 30.5 Å². The summed E-state index contributed by atoms with van der Waals surface area (Å²) in [6.07, 6.45) is 1.64. The van der Waals surface area contributed by atoms with Crippen molar-refractivity contribution in [3.8, 4) is 0 Å². The maximum atomic E-state index is 11.8. The Morgan fingerprint density at radius 3 is 2.72 bits per heavy atom. The minimum atomic E-state index is -0.385. The van der Waals surface area contributed by atoms with Gasteiger partial charge in [-0.1, -0.05) is 0 Å². The second kappa shape index (κ2) is 7.63. The minimum Gasteiger partial charge on any atom is -0.366 e. The van der Waals surface area contributed by atoms with E-state index < -0.39 is 0 Å². The molecule has 6 heteroatoms. The van der Waals surface area contributed by atoms with Crippen LogP contribution in [0.25, 0.3) is 0 Å². The highest BCUT2D eigenvalue weighted by molar-refractivity contribution is 7.98. The topological polar surface area (TPSA) is 50.4 Å². The third-order valence-corrected chi connectivity index (χ3v) is 3.32. The lowest BCUT2D eigenvalue weighted by Gasteiger charge is -2.22. The second-order valence-electron chi connectivity index (χ2n) is 3.78. The number of morpholine rings is 1. The van der Waals surface area contributed by atoms with E-state index in [-0.39, 0.29) is 24.4 Å². The molecule has 0 saturated carbocycles. The maximum Gasteiger partial charge on any atom is 0.254 e.